The molecule has 192 valence electrons. The van der Waals surface area contributed by atoms with Gasteiger partial charge in [-0.3, -0.25) is 4.79 Å². The Morgan fingerprint density at radius 1 is 1.05 bits per heavy atom. The van der Waals surface area contributed by atoms with Crippen molar-refractivity contribution in [2.45, 2.75) is 33.7 Å². The van der Waals surface area contributed by atoms with Crippen LogP contribution >= 0.6 is 11.8 Å². The number of hydrogen-bond acceptors (Lipinski definition) is 7. The van der Waals surface area contributed by atoms with Crippen LogP contribution in [0.4, 0.5) is 5.69 Å². The molecule has 8 heteroatoms. The Kier molecular flexibility index (Phi) is 8.18. The predicted molar refractivity (Wildman–Crippen MR) is 150 cm³/mol. The molecule has 3 aromatic carbocycles. The lowest BCUT2D eigenvalue weighted by molar-refractivity contribution is -0.139. The van der Waals surface area contributed by atoms with Crippen LogP contribution in [0.5, 0.6) is 5.75 Å². The van der Waals surface area contributed by atoms with Crippen LogP contribution in [0.15, 0.2) is 70.9 Å². The molecule has 0 spiro atoms. The van der Waals surface area contributed by atoms with Gasteiger partial charge in [0, 0.05) is 16.9 Å². The number of nitrogens with zero attached hydrogens (tertiary/aromatic N) is 1. The number of aryl methyl sites for hydroxylation is 2. The zero-order chi connectivity index (χ0) is 26.5. The van der Waals surface area contributed by atoms with Gasteiger partial charge in [0.05, 0.1) is 25.0 Å². The number of hydrogen-bond donors (Lipinski definition) is 2. The highest BCUT2D eigenvalue weighted by Gasteiger charge is 2.33. The summed E-state index contributed by atoms with van der Waals surface area (Å²) < 4.78 is 11.1. The molecule has 0 saturated heterocycles. The summed E-state index contributed by atoms with van der Waals surface area (Å²) in [5.41, 5.74) is 4.87. The zero-order valence-corrected chi connectivity index (χ0v) is 22.5. The first-order valence-electron chi connectivity index (χ1n) is 12.1. The smallest absolute Gasteiger partial charge is 0.338 e. The summed E-state index contributed by atoms with van der Waals surface area (Å²) in [6.07, 6.45) is 0. The summed E-state index contributed by atoms with van der Waals surface area (Å²) in [7, 11) is 1.60. The first-order valence-corrected chi connectivity index (χ1v) is 13.1. The van der Waals surface area contributed by atoms with Crippen LogP contribution in [0.2, 0.25) is 0 Å². The molecule has 7 nitrogen and oxygen atoms in total. The lowest BCUT2D eigenvalue weighted by atomic mass is 9.91. The van der Waals surface area contributed by atoms with Crippen LogP contribution in [-0.2, 0) is 14.3 Å². The number of amides is 1. The Hall–Kier alpha value is -3.78. The maximum absolute atomic E-state index is 13.1. The van der Waals surface area contributed by atoms with Gasteiger partial charge in [-0.15, -0.1) is 0 Å². The van der Waals surface area contributed by atoms with Crippen LogP contribution in [0.3, 0.4) is 0 Å². The number of thioether (sulfide) groups is 1. The van der Waals surface area contributed by atoms with Crippen molar-refractivity contribution in [2.75, 3.05) is 24.8 Å². The van der Waals surface area contributed by atoms with Gasteiger partial charge in [-0.05, 0) is 67.8 Å². The van der Waals surface area contributed by atoms with Crippen LogP contribution in [-0.4, -0.2) is 36.5 Å². The van der Waals surface area contributed by atoms with Gasteiger partial charge in [-0.2, -0.15) is 0 Å². The first-order chi connectivity index (χ1) is 17.8. The fraction of sp³-hybridized carbons (Fsp3) is 0.276. The molecule has 0 aliphatic carbocycles. The Morgan fingerprint density at radius 2 is 1.84 bits per heavy atom. The number of esters is 1. The number of aliphatic imine (C=N–C) groups is 1. The minimum atomic E-state index is -0.661. The number of benzene rings is 3. The van der Waals surface area contributed by atoms with Crippen LogP contribution in [0, 0.1) is 13.8 Å². The molecule has 37 heavy (non-hydrogen) atoms. The molecule has 1 aliphatic rings. The lowest BCUT2D eigenvalue weighted by Crippen LogP contribution is -2.31. The van der Waals surface area contributed by atoms with Gasteiger partial charge in [0.2, 0.25) is 5.91 Å². The van der Waals surface area contributed by atoms with Gasteiger partial charge in [-0.1, -0.05) is 48.2 Å². The minimum Gasteiger partial charge on any atom is -0.496 e. The third-order valence-corrected chi connectivity index (χ3v) is 7.16. The van der Waals surface area contributed by atoms with Crippen molar-refractivity contribution in [1.82, 2.24) is 5.32 Å². The summed E-state index contributed by atoms with van der Waals surface area (Å²) in [5.74, 6) is 0.198. The normalized spacial score (nSPS) is 15.2. The van der Waals surface area contributed by atoms with E-state index in [0.717, 1.165) is 27.6 Å². The molecule has 0 radical (unpaired) electrons. The third-order valence-electron chi connectivity index (χ3n) is 6.27. The summed E-state index contributed by atoms with van der Waals surface area (Å²) in [6.45, 7) is 7.89. The van der Waals surface area contributed by atoms with Crippen LogP contribution < -0.4 is 15.4 Å². The summed E-state index contributed by atoms with van der Waals surface area (Å²) in [4.78, 5) is 30.7. The molecule has 1 atom stereocenters. The molecule has 3 aromatic rings. The fourth-order valence-corrected chi connectivity index (χ4v) is 5.03. The van der Waals surface area contributed by atoms with Crippen molar-refractivity contribution in [1.29, 1.82) is 0 Å². The highest BCUT2D eigenvalue weighted by molar-refractivity contribution is 8.14. The molecule has 0 saturated carbocycles. The third kappa shape index (κ3) is 5.80. The van der Waals surface area contributed by atoms with Gasteiger partial charge in [0.15, 0.2) is 5.17 Å². The topological polar surface area (TPSA) is 89.0 Å². The second-order valence-electron chi connectivity index (χ2n) is 8.76. The lowest BCUT2D eigenvalue weighted by Gasteiger charge is -2.27. The molecule has 0 aromatic heterocycles. The van der Waals surface area contributed by atoms with E-state index in [1.165, 1.54) is 17.3 Å². The molecule has 1 amide bonds. The number of methoxy groups -OCH3 is 1. The minimum absolute atomic E-state index is 0.144. The standard InChI is InChI=1S/C29H31N3O4S/c1-6-36-28(34)25-19(4)30-29(37-16-24(33)31-21-13-11-17(2)18(3)15-21)32-27(25)26-22-10-8-7-9-20(22)12-14-23(26)35-5/h7-15,27H,6,16H2,1-5H3,(H,30,32)(H,31,33)/t27-/m1/s1. The average Bonchev–Trinajstić information content (AvgIpc) is 2.88. The van der Waals surface area contributed by atoms with Crippen molar-refractivity contribution in [3.8, 4) is 5.75 Å². The number of fused-ring (bicyclic) bond motifs is 1. The molecule has 1 heterocycles. The molecular weight excluding hydrogens is 486 g/mol. The Balaban J connectivity index is 1.66. The van der Waals surface area contributed by atoms with E-state index in [0.29, 0.717) is 22.2 Å². The van der Waals surface area contributed by atoms with Crippen molar-refractivity contribution in [2.24, 2.45) is 4.99 Å². The fourth-order valence-electron chi connectivity index (χ4n) is 4.29. The monoisotopic (exact) mass is 517 g/mol. The number of anilines is 1. The maximum Gasteiger partial charge on any atom is 0.338 e. The van der Waals surface area contributed by atoms with Crippen LogP contribution in [0.25, 0.3) is 10.8 Å². The second-order valence-corrected chi connectivity index (χ2v) is 9.72. The Morgan fingerprint density at radius 3 is 2.57 bits per heavy atom. The molecule has 0 unspecified atom stereocenters. The van der Waals surface area contributed by atoms with E-state index in [2.05, 4.69) is 10.6 Å². The van der Waals surface area contributed by atoms with E-state index in [1.807, 2.05) is 75.4 Å². The largest absolute Gasteiger partial charge is 0.496 e. The van der Waals surface area contributed by atoms with E-state index in [9.17, 15) is 9.59 Å². The van der Waals surface area contributed by atoms with Crippen LogP contribution in [0.1, 0.15) is 36.6 Å². The summed E-state index contributed by atoms with van der Waals surface area (Å²) in [6, 6.07) is 17.0. The number of ether oxygens (including phenoxy) is 2. The molecule has 1 aliphatic heterocycles. The average molecular weight is 518 g/mol. The van der Waals surface area contributed by atoms with Gasteiger partial charge >= 0.3 is 5.97 Å². The van der Waals surface area contributed by atoms with Crippen molar-refractivity contribution in [3.05, 3.63) is 82.6 Å². The Bertz CT molecular complexity index is 1410. The van der Waals surface area contributed by atoms with Gasteiger partial charge < -0.3 is 20.1 Å². The summed E-state index contributed by atoms with van der Waals surface area (Å²) >= 11 is 1.28. The van der Waals surface area contributed by atoms with E-state index in [-0.39, 0.29) is 18.3 Å². The first kappa shape index (κ1) is 26.3. The van der Waals surface area contributed by atoms with E-state index >= 15 is 0 Å². The van der Waals surface area contributed by atoms with E-state index < -0.39 is 12.0 Å². The SMILES string of the molecule is CCOC(=O)C1=C(C)NC(SCC(=O)Nc2ccc(C)c(C)c2)=N[C@H]1c1c(OC)ccc2ccccc12. The Labute approximate surface area is 221 Å². The highest BCUT2D eigenvalue weighted by Crippen LogP contribution is 2.41. The molecule has 4 rings (SSSR count). The van der Waals surface area contributed by atoms with Crippen molar-refractivity contribution < 1.29 is 19.1 Å². The second kappa shape index (κ2) is 11.5. The number of allylic oxidation sites excluding steroid dienone is 1. The molecular formula is C29H31N3O4S. The van der Waals surface area contributed by atoms with E-state index in [4.69, 9.17) is 14.5 Å². The van der Waals surface area contributed by atoms with Gasteiger partial charge in [-0.25, -0.2) is 9.79 Å². The molecule has 0 bridgehead atoms. The summed E-state index contributed by atoms with van der Waals surface area (Å²) in [5, 5.41) is 8.62. The van der Waals surface area contributed by atoms with Gasteiger partial charge in [0.1, 0.15) is 11.8 Å². The molecule has 2 N–H and O–H groups in total. The van der Waals surface area contributed by atoms with Gasteiger partial charge in [0.25, 0.3) is 0 Å². The van der Waals surface area contributed by atoms with Crippen molar-refractivity contribution >= 4 is 45.3 Å². The molecule has 0 fully saturated rings. The number of nitrogens with one attached hydrogen (secondary N) is 2. The maximum atomic E-state index is 13.1. The van der Waals surface area contributed by atoms with E-state index in [1.54, 1.807) is 14.0 Å². The quantitative estimate of drug-likeness (QED) is 0.392. The predicted octanol–water partition coefficient (Wildman–Crippen LogP) is 5.67. The zero-order valence-electron chi connectivity index (χ0n) is 21.7. The number of amidine groups is 1. The van der Waals surface area contributed by atoms with Crippen molar-refractivity contribution in [3.63, 3.8) is 0 Å². The number of rotatable bonds is 7. The highest BCUT2D eigenvalue weighted by atomic mass is 32.2. The number of carbonyl (C=O) groups excluding carboxylic acids is 2. The number of carbonyl (C=O) groups is 2.